The molecule has 3 nitrogen and oxygen atoms in total. The van der Waals surface area contributed by atoms with Crippen molar-refractivity contribution in [3.05, 3.63) is 12.4 Å². The zero-order valence-corrected chi connectivity index (χ0v) is 11.0. The van der Waals surface area contributed by atoms with E-state index in [0.29, 0.717) is 0 Å². The average molecular weight is 239 g/mol. The predicted molar refractivity (Wildman–Crippen MR) is 68.9 cm³/mol. The molecule has 1 atom stereocenters. The van der Waals surface area contributed by atoms with E-state index in [1.807, 2.05) is 18.0 Å². The fraction of sp³-hybridized carbons (Fsp3) is 0.750. The molecule has 1 fully saturated rings. The first-order valence-electron chi connectivity index (χ1n) is 6.15. The number of hydrogen-bond acceptors (Lipinski definition) is 3. The minimum atomic E-state index is 0.803. The summed E-state index contributed by atoms with van der Waals surface area (Å²) in [6.45, 7) is 4.46. The molecule has 0 amide bonds. The Morgan fingerprint density at radius 2 is 2.44 bits per heavy atom. The van der Waals surface area contributed by atoms with Crippen molar-refractivity contribution in [2.45, 2.75) is 43.9 Å². The highest BCUT2D eigenvalue weighted by Crippen LogP contribution is 2.23. The molecule has 90 valence electrons. The van der Waals surface area contributed by atoms with Gasteiger partial charge in [-0.05, 0) is 39.8 Å². The molecule has 1 aromatic rings. The summed E-state index contributed by atoms with van der Waals surface area (Å²) in [5.74, 6) is 1.19. The average Bonchev–Trinajstić information content (AvgIpc) is 2.88. The lowest BCUT2D eigenvalue weighted by atomic mass is 10.2. The first kappa shape index (κ1) is 12.0. The van der Waals surface area contributed by atoms with Crippen molar-refractivity contribution < 1.29 is 0 Å². The molecule has 0 unspecified atom stereocenters. The highest BCUT2D eigenvalue weighted by atomic mass is 32.2. The van der Waals surface area contributed by atoms with Crippen molar-refractivity contribution in [1.29, 1.82) is 0 Å². The molecule has 1 aliphatic rings. The molecule has 2 rings (SSSR count). The fourth-order valence-electron chi connectivity index (χ4n) is 2.31. The number of aryl methyl sites for hydroxylation is 1. The molecule has 0 aromatic carbocycles. The highest BCUT2D eigenvalue weighted by Gasteiger charge is 2.20. The molecule has 16 heavy (non-hydrogen) atoms. The first-order chi connectivity index (χ1) is 7.81. The Kier molecular flexibility index (Phi) is 4.29. The Labute approximate surface area is 102 Å². The lowest BCUT2D eigenvalue weighted by Crippen LogP contribution is -2.25. The quantitative estimate of drug-likeness (QED) is 0.737. The Morgan fingerprint density at radius 1 is 1.56 bits per heavy atom. The third-order valence-corrected chi connectivity index (χ3v) is 4.41. The van der Waals surface area contributed by atoms with Crippen LogP contribution < -0.4 is 0 Å². The van der Waals surface area contributed by atoms with Crippen LogP contribution in [0.25, 0.3) is 0 Å². The zero-order valence-electron chi connectivity index (χ0n) is 10.2. The normalized spacial score (nSPS) is 21.8. The summed E-state index contributed by atoms with van der Waals surface area (Å²) < 4.78 is 2.21. The van der Waals surface area contributed by atoms with Crippen LogP contribution in [-0.4, -0.2) is 39.8 Å². The Morgan fingerprint density at radius 3 is 3.12 bits per heavy atom. The van der Waals surface area contributed by atoms with E-state index in [1.54, 1.807) is 0 Å². The van der Waals surface area contributed by atoms with Crippen molar-refractivity contribution in [2.75, 3.05) is 19.3 Å². The summed E-state index contributed by atoms with van der Waals surface area (Å²) in [7, 11) is 2.25. The monoisotopic (exact) mass is 239 g/mol. The van der Waals surface area contributed by atoms with Crippen molar-refractivity contribution in [3.8, 4) is 0 Å². The molecular weight excluding hydrogens is 218 g/mol. The standard InChI is InChI=1S/C12H21N3S/c1-3-15-9-7-13-12(15)16-10-6-11-5-4-8-14(11)2/h7,9,11H,3-6,8,10H2,1-2H3/t11-/m1/s1. The number of nitrogens with zero attached hydrogens (tertiary/aromatic N) is 3. The minimum absolute atomic E-state index is 0.803. The van der Waals surface area contributed by atoms with Crippen molar-refractivity contribution in [2.24, 2.45) is 0 Å². The molecule has 0 bridgehead atoms. The second-order valence-corrected chi connectivity index (χ2v) is 5.47. The van der Waals surface area contributed by atoms with Gasteiger partial charge in [-0.2, -0.15) is 0 Å². The Bertz CT molecular complexity index is 324. The van der Waals surface area contributed by atoms with Gasteiger partial charge in [0.15, 0.2) is 5.16 Å². The van der Waals surface area contributed by atoms with Gasteiger partial charge in [0.1, 0.15) is 0 Å². The topological polar surface area (TPSA) is 21.1 Å². The van der Waals surface area contributed by atoms with Crippen LogP contribution in [0.4, 0.5) is 0 Å². The van der Waals surface area contributed by atoms with E-state index < -0.39 is 0 Å². The number of imidazole rings is 1. The maximum absolute atomic E-state index is 4.38. The molecule has 0 spiro atoms. The van der Waals surface area contributed by atoms with Gasteiger partial charge in [-0.1, -0.05) is 11.8 Å². The summed E-state index contributed by atoms with van der Waals surface area (Å²) in [5.41, 5.74) is 0. The Hall–Kier alpha value is -0.480. The van der Waals surface area contributed by atoms with Gasteiger partial charge in [0, 0.05) is 30.7 Å². The second kappa shape index (κ2) is 5.73. The smallest absolute Gasteiger partial charge is 0.167 e. The highest BCUT2D eigenvalue weighted by molar-refractivity contribution is 7.99. The van der Waals surface area contributed by atoms with E-state index in [2.05, 4.69) is 34.6 Å². The van der Waals surface area contributed by atoms with Gasteiger partial charge in [-0.25, -0.2) is 4.98 Å². The van der Waals surface area contributed by atoms with E-state index in [4.69, 9.17) is 0 Å². The number of aromatic nitrogens is 2. The molecule has 0 N–H and O–H groups in total. The van der Waals surface area contributed by atoms with Gasteiger partial charge in [0.05, 0.1) is 0 Å². The molecule has 2 heterocycles. The van der Waals surface area contributed by atoms with E-state index >= 15 is 0 Å². The number of rotatable bonds is 5. The zero-order chi connectivity index (χ0) is 11.4. The van der Waals surface area contributed by atoms with Crippen LogP contribution in [0.1, 0.15) is 26.2 Å². The predicted octanol–water partition coefficient (Wildman–Crippen LogP) is 2.48. The van der Waals surface area contributed by atoms with Crippen LogP contribution in [0.2, 0.25) is 0 Å². The number of hydrogen-bond donors (Lipinski definition) is 0. The van der Waals surface area contributed by atoms with Crippen molar-refractivity contribution in [3.63, 3.8) is 0 Å². The van der Waals surface area contributed by atoms with Crippen molar-refractivity contribution in [1.82, 2.24) is 14.5 Å². The molecule has 0 saturated carbocycles. The van der Waals surface area contributed by atoms with E-state index in [1.165, 1.54) is 36.7 Å². The summed E-state index contributed by atoms with van der Waals surface area (Å²) >= 11 is 1.89. The Balaban J connectivity index is 1.75. The third-order valence-electron chi connectivity index (χ3n) is 3.37. The van der Waals surface area contributed by atoms with Crippen LogP contribution in [-0.2, 0) is 6.54 Å². The van der Waals surface area contributed by atoms with Gasteiger partial charge in [0.25, 0.3) is 0 Å². The largest absolute Gasteiger partial charge is 0.326 e. The van der Waals surface area contributed by atoms with Crippen LogP contribution in [0, 0.1) is 0 Å². The second-order valence-electron chi connectivity index (χ2n) is 4.41. The molecule has 0 radical (unpaired) electrons. The SMILES string of the molecule is CCn1ccnc1SCC[C@H]1CCCN1C. The maximum Gasteiger partial charge on any atom is 0.167 e. The molecular formula is C12H21N3S. The van der Waals surface area contributed by atoms with Crippen LogP contribution in [0.15, 0.2) is 17.6 Å². The molecule has 1 aromatic heterocycles. The summed E-state index contributed by atoms with van der Waals surface area (Å²) in [4.78, 5) is 6.88. The molecule has 0 aliphatic carbocycles. The summed E-state index contributed by atoms with van der Waals surface area (Å²) in [6.07, 6.45) is 7.99. The van der Waals surface area contributed by atoms with E-state index in [0.717, 1.165) is 12.6 Å². The minimum Gasteiger partial charge on any atom is -0.326 e. The van der Waals surface area contributed by atoms with E-state index in [-0.39, 0.29) is 0 Å². The van der Waals surface area contributed by atoms with Gasteiger partial charge in [-0.3, -0.25) is 0 Å². The van der Waals surface area contributed by atoms with Gasteiger partial charge in [0.2, 0.25) is 0 Å². The van der Waals surface area contributed by atoms with Gasteiger partial charge < -0.3 is 9.47 Å². The maximum atomic E-state index is 4.38. The summed E-state index contributed by atoms with van der Waals surface area (Å²) in [6, 6.07) is 0.803. The first-order valence-corrected chi connectivity index (χ1v) is 7.14. The van der Waals surface area contributed by atoms with Crippen LogP contribution >= 0.6 is 11.8 Å². The molecule has 4 heteroatoms. The third kappa shape index (κ3) is 2.80. The van der Waals surface area contributed by atoms with Crippen molar-refractivity contribution >= 4 is 11.8 Å². The van der Waals surface area contributed by atoms with Crippen LogP contribution in [0.3, 0.4) is 0 Å². The lowest BCUT2D eigenvalue weighted by Gasteiger charge is -2.18. The number of likely N-dealkylation sites (tertiary alicyclic amines) is 1. The molecule has 1 aliphatic heterocycles. The van der Waals surface area contributed by atoms with Crippen LogP contribution in [0.5, 0.6) is 0 Å². The van der Waals surface area contributed by atoms with E-state index in [9.17, 15) is 0 Å². The summed E-state index contributed by atoms with van der Waals surface area (Å²) in [5, 5.41) is 1.17. The molecule has 1 saturated heterocycles. The fourth-order valence-corrected chi connectivity index (χ4v) is 3.37. The lowest BCUT2D eigenvalue weighted by molar-refractivity contribution is 0.305. The van der Waals surface area contributed by atoms with Gasteiger partial charge in [-0.15, -0.1) is 0 Å². The number of thioether (sulfide) groups is 1. The van der Waals surface area contributed by atoms with Gasteiger partial charge >= 0.3 is 0 Å².